The molecule has 0 atom stereocenters. The fraction of sp³-hybridized carbons (Fsp3) is 0.125. The summed E-state index contributed by atoms with van der Waals surface area (Å²) >= 11 is 5.94. The zero-order chi connectivity index (χ0) is 16.2. The summed E-state index contributed by atoms with van der Waals surface area (Å²) in [7, 11) is 0. The molecule has 0 aliphatic rings. The van der Waals surface area contributed by atoms with Crippen LogP contribution < -0.4 is 5.32 Å². The van der Waals surface area contributed by atoms with Crippen molar-refractivity contribution in [2.45, 2.75) is 13.5 Å². The van der Waals surface area contributed by atoms with Gasteiger partial charge in [-0.15, -0.1) is 10.2 Å². The van der Waals surface area contributed by atoms with Crippen LogP contribution in [0, 0.1) is 6.92 Å². The highest BCUT2D eigenvalue weighted by Gasteiger charge is 2.10. The molecule has 0 saturated heterocycles. The highest BCUT2D eigenvalue weighted by molar-refractivity contribution is 6.31. The quantitative estimate of drug-likeness (QED) is 0.799. The van der Waals surface area contributed by atoms with Crippen LogP contribution in [0.15, 0.2) is 48.5 Å². The van der Waals surface area contributed by atoms with Gasteiger partial charge in [-0.25, -0.2) is 0 Å². The van der Waals surface area contributed by atoms with Crippen molar-refractivity contribution in [1.29, 1.82) is 0 Å². The third-order valence-electron chi connectivity index (χ3n) is 3.24. The second kappa shape index (κ2) is 6.58. The van der Waals surface area contributed by atoms with Crippen LogP contribution in [-0.4, -0.2) is 26.1 Å². The van der Waals surface area contributed by atoms with Crippen molar-refractivity contribution >= 4 is 23.2 Å². The molecule has 0 spiro atoms. The maximum atomic E-state index is 12.1. The number of nitrogens with one attached hydrogen (secondary N) is 1. The van der Waals surface area contributed by atoms with Crippen molar-refractivity contribution in [3.8, 4) is 11.4 Å². The first-order valence-corrected chi connectivity index (χ1v) is 7.39. The molecule has 7 heteroatoms. The minimum Gasteiger partial charge on any atom is -0.324 e. The van der Waals surface area contributed by atoms with Crippen LogP contribution in [0.5, 0.6) is 0 Å². The van der Waals surface area contributed by atoms with E-state index in [1.807, 2.05) is 43.3 Å². The smallest absolute Gasteiger partial charge is 0.248 e. The molecule has 1 heterocycles. The first kappa shape index (κ1) is 15.2. The van der Waals surface area contributed by atoms with Gasteiger partial charge >= 0.3 is 0 Å². The first-order valence-electron chi connectivity index (χ1n) is 7.01. The lowest BCUT2D eigenvalue weighted by atomic mass is 10.2. The third kappa shape index (κ3) is 3.73. The molecular formula is C16H14ClN5O. The molecule has 0 saturated carbocycles. The first-order chi connectivity index (χ1) is 11.1. The van der Waals surface area contributed by atoms with Gasteiger partial charge in [-0.05, 0) is 29.8 Å². The maximum Gasteiger partial charge on any atom is 0.248 e. The van der Waals surface area contributed by atoms with Crippen molar-refractivity contribution in [3.63, 3.8) is 0 Å². The second-order valence-corrected chi connectivity index (χ2v) is 5.45. The Labute approximate surface area is 138 Å². The van der Waals surface area contributed by atoms with E-state index in [1.165, 1.54) is 4.80 Å². The number of benzene rings is 2. The SMILES string of the molecule is Cc1ccc(Cl)cc1NC(=O)Cn1nnc(-c2ccccc2)n1. The second-order valence-electron chi connectivity index (χ2n) is 5.02. The van der Waals surface area contributed by atoms with E-state index < -0.39 is 0 Å². The highest BCUT2D eigenvalue weighted by atomic mass is 35.5. The predicted octanol–water partition coefficient (Wildman–Crippen LogP) is 2.94. The van der Waals surface area contributed by atoms with Crippen LogP contribution in [-0.2, 0) is 11.3 Å². The molecule has 0 fully saturated rings. The number of hydrogen-bond donors (Lipinski definition) is 1. The lowest BCUT2D eigenvalue weighted by molar-refractivity contribution is -0.117. The molecule has 0 unspecified atom stereocenters. The minimum atomic E-state index is -0.243. The lowest BCUT2D eigenvalue weighted by Crippen LogP contribution is -2.21. The molecule has 0 aliphatic heterocycles. The van der Waals surface area contributed by atoms with Gasteiger partial charge in [0.1, 0.15) is 6.54 Å². The van der Waals surface area contributed by atoms with Gasteiger partial charge in [-0.3, -0.25) is 4.79 Å². The Bertz CT molecular complexity index is 831. The van der Waals surface area contributed by atoms with Crippen molar-refractivity contribution in [2.24, 2.45) is 0 Å². The summed E-state index contributed by atoms with van der Waals surface area (Å²) in [6, 6.07) is 14.8. The Morgan fingerprint density at radius 1 is 1.22 bits per heavy atom. The number of anilines is 1. The van der Waals surface area contributed by atoms with Crippen LogP contribution in [0.3, 0.4) is 0 Å². The Hall–Kier alpha value is -2.73. The zero-order valence-corrected chi connectivity index (χ0v) is 13.2. The summed E-state index contributed by atoms with van der Waals surface area (Å²) in [5.74, 6) is 0.240. The summed E-state index contributed by atoms with van der Waals surface area (Å²) < 4.78 is 0. The topological polar surface area (TPSA) is 72.7 Å². The number of aryl methyl sites for hydroxylation is 1. The molecule has 116 valence electrons. The van der Waals surface area contributed by atoms with Gasteiger partial charge in [-0.2, -0.15) is 4.80 Å². The van der Waals surface area contributed by atoms with E-state index in [4.69, 9.17) is 11.6 Å². The van der Waals surface area contributed by atoms with E-state index in [0.717, 1.165) is 11.1 Å². The van der Waals surface area contributed by atoms with Gasteiger partial charge in [0.25, 0.3) is 0 Å². The molecule has 0 aliphatic carbocycles. The average Bonchev–Trinajstić information content (AvgIpc) is 3.00. The molecule has 0 bridgehead atoms. The Balaban J connectivity index is 1.69. The number of hydrogen-bond acceptors (Lipinski definition) is 4. The number of nitrogens with zero attached hydrogens (tertiary/aromatic N) is 4. The summed E-state index contributed by atoms with van der Waals surface area (Å²) in [5, 5.41) is 15.4. The number of halogens is 1. The van der Waals surface area contributed by atoms with Gasteiger partial charge in [-0.1, -0.05) is 48.0 Å². The number of aromatic nitrogens is 4. The Kier molecular flexibility index (Phi) is 4.34. The number of amides is 1. The molecule has 1 aromatic heterocycles. The number of tetrazole rings is 1. The lowest BCUT2D eigenvalue weighted by Gasteiger charge is -2.08. The number of carbonyl (C=O) groups excluding carboxylic acids is 1. The Morgan fingerprint density at radius 2 is 2.00 bits per heavy atom. The van der Waals surface area contributed by atoms with E-state index in [9.17, 15) is 4.79 Å². The maximum absolute atomic E-state index is 12.1. The molecule has 1 amide bonds. The molecule has 3 aromatic rings. The minimum absolute atomic E-state index is 0.0220. The van der Waals surface area contributed by atoms with Gasteiger partial charge in [0, 0.05) is 16.3 Å². The van der Waals surface area contributed by atoms with Crippen LogP contribution in [0.1, 0.15) is 5.56 Å². The van der Waals surface area contributed by atoms with E-state index >= 15 is 0 Å². The molecule has 2 aromatic carbocycles. The molecule has 0 radical (unpaired) electrons. The monoisotopic (exact) mass is 327 g/mol. The highest BCUT2D eigenvalue weighted by Crippen LogP contribution is 2.20. The largest absolute Gasteiger partial charge is 0.324 e. The molecule has 23 heavy (non-hydrogen) atoms. The summed E-state index contributed by atoms with van der Waals surface area (Å²) in [5.41, 5.74) is 2.45. The van der Waals surface area contributed by atoms with Gasteiger partial charge in [0.2, 0.25) is 11.7 Å². The fourth-order valence-corrected chi connectivity index (χ4v) is 2.23. The van der Waals surface area contributed by atoms with Gasteiger partial charge < -0.3 is 5.32 Å². The third-order valence-corrected chi connectivity index (χ3v) is 3.48. The van der Waals surface area contributed by atoms with Crippen LogP contribution in [0.4, 0.5) is 5.69 Å². The summed E-state index contributed by atoms with van der Waals surface area (Å²) in [6.45, 7) is 1.87. The van der Waals surface area contributed by atoms with E-state index in [-0.39, 0.29) is 12.5 Å². The van der Waals surface area contributed by atoms with Crippen LogP contribution in [0.2, 0.25) is 5.02 Å². The van der Waals surface area contributed by atoms with Crippen LogP contribution >= 0.6 is 11.6 Å². The van der Waals surface area contributed by atoms with Crippen molar-refractivity contribution in [1.82, 2.24) is 20.2 Å². The van der Waals surface area contributed by atoms with Crippen molar-refractivity contribution in [3.05, 3.63) is 59.1 Å². The zero-order valence-electron chi connectivity index (χ0n) is 12.4. The molecular weight excluding hydrogens is 314 g/mol. The predicted molar refractivity (Wildman–Crippen MR) is 88.1 cm³/mol. The van der Waals surface area contributed by atoms with Crippen LogP contribution in [0.25, 0.3) is 11.4 Å². The molecule has 6 nitrogen and oxygen atoms in total. The van der Waals surface area contributed by atoms with Crippen molar-refractivity contribution < 1.29 is 4.79 Å². The Morgan fingerprint density at radius 3 is 2.78 bits per heavy atom. The number of carbonyl (C=O) groups is 1. The molecule has 3 rings (SSSR count). The molecule has 1 N–H and O–H groups in total. The average molecular weight is 328 g/mol. The summed E-state index contributed by atoms with van der Waals surface area (Å²) in [4.78, 5) is 13.4. The fourth-order valence-electron chi connectivity index (χ4n) is 2.06. The van der Waals surface area contributed by atoms with E-state index in [2.05, 4.69) is 20.7 Å². The standard InChI is InChI=1S/C16H14ClN5O/c1-11-7-8-13(17)9-14(11)18-15(23)10-22-20-16(19-21-22)12-5-3-2-4-6-12/h2-9H,10H2,1H3,(H,18,23). The van der Waals surface area contributed by atoms with Gasteiger partial charge in [0.05, 0.1) is 0 Å². The van der Waals surface area contributed by atoms with E-state index in [1.54, 1.807) is 12.1 Å². The summed E-state index contributed by atoms with van der Waals surface area (Å²) in [6.07, 6.45) is 0. The number of rotatable bonds is 4. The van der Waals surface area contributed by atoms with Gasteiger partial charge in [0.15, 0.2) is 0 Å². The van der Waals surface area contributed by atoms with Crippen molar-refractivity contribution in [2.75, 3.05) is 5.32 Å². The normalized spacial score (nSPS) is 10.5. The van der Waals surface area contributed by atoms with E-state index in [0.29, 0.717) is 16.5 Å².